The molecule has 0 radical (unpaired) electrons. The molecule has 0 atom stereocenters. The fourth-order valence-electron chi connectivity index (χ4n) is 2.76. The van der Waals surface area contributed by atoms with Crippen LogP contribution in [0.25, 0.3) is 0 Å². The molecule has 1 aromatic carbocycles. The van der Waals surface area contributed by atoms with Crippen LogP contribution in [0.2, 0.25) is 0 Å². The van der Waals surface area contributed by atoms with Crippen molar-refractivity contribution in [1.29, 1.82) is 0 Å². The molecule has 1 aliphatic rings. The van der Waals surface area contributed by atoms with Crippen molar-refractivity contribution in [2.24, 2.45) is 0 Å². The maximum absolute atomic E-state index is 12.0. The Kier molecular flexibility index (Phi) is 5.60. The molecule has 1 aromatic rings. The summed E-state index contributed by atoms with van der Waals surface area (Å²) >= 11 is 0. The van der Waals surface area contributed by atoms with Crippen LogP contribution >= 0.6 is 0 Å². The maximum atomic E-state index is 12.0. The van der Waals surface area contributed by atoms with E-state index < -0.39 is 0 Å². The summed E-state index contributed by atoms with van der Waals surface area (Å²) in [5.74, 6) is 0.304. The molecule has 0 aromatic heterocycles. The van der Waals surface area contributed by atoms with E-state index in [9.17, 15) is 4.79 Å². The van der Waals surface area contributed by atoms with Crippen LogP contribution in [0, 0.1) is 13.8 Å². The van der Waals surface area contributed by atoms with Crippen LogP contribution in [-0.2, 0) is 11.3 Å². The minimum Gasteiger partial charge on any atom is -0.343 e. The lowest BCUT2D eigenvalue weighted by molar-refractivity contribution is -0.131. The van der Waals surface area contributed by atoms with Gasteiger partial charge in [0.05, 0.1) is 0 Å². The number of rotatable bonds is 5. The second-order valence-electron chi connectivity index (χ2n) is 5.80. The second kappa shape index (κ2) is 7.44. The molecule has 2 rings (SSSR count). The Labute approximate surface area is 122 Å². The molecule has 20 heavy (non-hydrogen) atoms. The topological polar surface area (TPSA) is 32.3 Å². The summed E-state index contributed by atoms with van der Waals surface area (Å²) in [6.07, 6.45) is 4.23. The van der Waals surface area contributed by atoms with Crippen molar-refractivity contribution in [3.05, 3.63) is 34.9 Å². The molecule has 0 unspecified atom stereocenters. The van der Waals surface area contributed by atoms with Gasteiger partial charge >= 0.3 is 0 Å². The highest BCUT2D eigenvalue weighted by atomic mass is 16.2. The number of amides is 1. The van der Waals surface area contributed by atoms with E-state index in [2.05, 4.69) is 37.4 Å². The number of nitrogens with zero attached hydrogens (tertiary/aromatic N) is 1. The highest BCUT2D eigenvalue weighted by Gasteiger charge is 2.15. The van der Waals surface area contributed by atoms with Crippen LogP contribution in [0.15, 0.2) is 18.2 Å². The Morgan fingerprint density at radius 2 is 1.95 bits per heavy atom. The van der Waals surface area contributed by atoms with Gasteiger partial charge < -0.3 is 10.2 Å². The zero-order chi connectivity index (χ0) is 14.4. The second-order valence-corrected chi connectivity index (χ2v) is 5.80. The minimum atomic E-state index is 0.304. The molecular formula is C17H26N2O. The monoisotopic (exact) mass is 274 g/mol. The van der Waals surface area contributed by atoms with Gasteiger partial charge in [-0.1, -0.05) is 23.8 Å². The SMILES string of the molecule is Cc1ccc(CNCCC(=O)N2CCCCC2)c(C)c1. The van der Waals surface area contributed by atoms with E-state index in [1.807, 2.05) is 4.90 Å². The molecule has 0 spiro atoms. The smallest absolute Gasteiger partial charge is 0.223 e. The third kappa shape index (κ3) is 4.34. The normalized spacial score (nSPS) is 15.4. The van der Waals surface area contributed by atoms with Gasteiger partial charge in [0.2, 0.25) is 5.91 Å². The zero-order valence-corrected chi connectivity index (χ0v) is 12.7. The van der Waals surface area contributed by atoms with Gasteiger partial charge in [-0.2, -0.15) is 0 Å². The molecule has 1 heterocycles. The number of carbonyl (C=O) groups excluding carboxylic acids is 1. The van der Waals surface area contributed by atoms with E-state index in [-0.39, 0.29) is 0 Å². The van der Waals surface area contributed by atoms with Crippen LogP contribution in [0.5, 0.6) is 0 Å². The molecule has 0 bridgehead atoms. The average Bonchev–Trinajstić information content (AvgIpc) is 2.46. The largest absolute Gasteiger partial charge is 0.343 e. The number of hydrogen-bond donors (Lipinski definition) is 1. The van der Waals surface area contributed by atoms with Gasteiger partial charge in [-0.3, -0.25) is 4.79 Å². The highest BCUT2D eigenvalue weighted by molar-refractivity contribution is 5.76. The fraction of sp³-hybridized carbons (Fsp3) is 0.588. The lowest BCUT2D eigenvalue weighted by atomic mass is 10.1. The van der Waals surface area contributed by atoms with Crippen LogP contribution in [0.4, 0.5) is 0 Å². The molecule has 3 heteroatoms. The summed E-state index contributed by atoms with van der Waals surface area (Å²) in [4.78, 5) is 14.0. The van der Waals surface area contributed by atoms with Gasteiger partial charge in [-0.15, -0.1) is 0 Å². The lowest BCUT2D eigenvalue weighted by Crippen LogP contribution is -2.37. The van der Waals surface area contributed by atoms with Crippen molar-refractivity contribution in [3.8, 4) is 0 Å². The van der Waals surface area contributed by atoms with E-state index in [0.29, 0.717) is 12.3 Å². The predicted molar refractivity (Wildman–Crippen MR) is 82.7 cm³/mol. The summed E-state index contributed by atoms with van der Waals surface area (Å²) in [6.45, 7) is 7.78. The van der Waals surface area contributed by atoms with Crippen LogP contribution < -0.4 is 5.32 Å². The number of benzene rings is 1. The Balaban J connectivity index is 1.69. The Morgan fingerprint density at radius 1 is 1.20 bits per heavy atom. The van der Waals surface area contributed by atoms with E-state index in [4.69, 9.17) is 0 Å². The van der Waals surface area contributed by atoms with Crippen molar-refractivity contribution in [2.75, 3.05) is 19.6 Å². The first-order valence-corrected chi connectivity index (χ1v) is 7.71. The van der Waals surface area contributed by atoms with Gasteiger partial charge in [0, 0.05) is 32.6 Å². The van der Waals surface area contributed by atoms with E-state index in [1.54, 1.807) is 0 Å². The molecular weight excluding hydrogens is 248 g/mol. The number of hydrogen-bond acceptors (Lipinski definition) is 2. The number of carbonyl (C=O) groups is 1. The maximum Gasteiger partial charge on any atom is 0.223 e. The van der Waals surface area contributed by atoms with Gasteiger partial charge in [-0.25, -0.2) is 0 Å². The Bertz CT molecular complexity index is 450. The van der Waals surface area contributed by atoms with Crippen molar-refractivity contribution < 1.29 is 4.79 Å². The third-order valence-electron chi connectivity index (χ3n) is 4.04. The number of likely N-dealkylation sites (tertiary alicyclic amines) is 1. The molecule has 1 amide bonds. The van der Waals surface area contributed by atoms with E-state index in [0.717, 1.165) is 26.2 Å². The van der Waals surface area contributed by atoms with Crippen molar-refractivity contribution in [3.63, 3.8) is 0 Å². The first kappa shape index (κ1) is 15.0. The summed E-state index contributed by atoms with van der Waals surface area (Å²) < 4.78 is 0. The lowest BCUT2D eigenvalue weighted by Gasteiger charge is -2.26. The molecule has 1 N–H and O–H groups in total. The fourth-order valence-corrected chi connectivity index (χ4v) is 2.76. The molecule has 1 fully saturated rings. The highest BCUT2D eigenvalue weighted by Crippen LogP contribution is 2.11. The molecule has 1 aliphatic heterocycles. The standard InChI is InChI=1S/C17H26N2O/c1-14-6-7-16(15(2)12-14)13-18-9-8-17(20)19-10-4-3-5-11-19/h6-7,12,18H,3-5,8-11,13H2,1-2H3. The van der Waals surface area contributed by atoms with Crippen LogP contribution in [-0.4, -0.2) is 30.4 Å². The molecule has 0 saturated carbocycles. The molecule has 1 saturated heterocycles. The van der Waals surface area contributed by atoms with Crippen molar-refractivity contribution in [2.45, 2.75) is 46.1 Å². The third-order valence-corrected chi connectivity index (χ3v) is 4.04. The van der Waals surface area contributed by atoms with Crippen molar-refractivity contribution in [1.82, 2.24) is 10.2 Å². The minimum absolute atomic E-state index is 0.304. The first-order chi connectivity index (χ1) is 9.66. The van der Waals surface area contributed by atoms with Gasteiger partial charge in [-0.05, 0) is 44.2 Å². The Hall–Kier alpha value is -1.35. The van der Waals surface area contributed by atoms with Crippen LogP contribution in [0.3, 0.4) is 0 Å². The van der Waals surface area contributed by atoms with Crippen LogP contribution in [0.1, 0.15) is 42.4 Å². The zero-order valence-electron chi connectivity index (χ0n) is 12.7. The average molecular weight is 274 g/mol. The molecule has 110 valence electrons. The predicted octanol–water partition coefficient (Wildman–Crippen LogP) is 2.80. The van der Waals surface area contributed by atoms with Gasteiger partial charge in [0.1, 0.15) is 0 Å². The van der Waals surface area contributed by atoms with Crippen molar-refractivity contribution >= 4 is 5.91 Å². The number of nitrogens with one attached hydrogen (secondary N) is 1. The molecule has 3 nitrogen and oxygen atoms in total. The number of aryl methyl sites for hydroxylation is 2. The summed E-state index contributed by atoms with van der Waals surface area (Å²) in [5.41, 5.74) is 3.94. The van der Waals surface area contributed by atoms with E-state index >= 15 is 0 Å². The summed E-state index contributed by atoms with van der Waals surface area (Å²) in [5, 5.41) is 3.38. The Morgan fingerprint density at radius 3 is 2.65 bits per heavy atom. The quantitative estimate of drug-likeness (QED) is 0.837. The summed E-state index contributed by atoms with van der Waals surface area (Å²) in [6, 6.07) is 6.52. The first-order valence-electron chi connectivity index (χ1n) is 7.71. The summed E-state index contributed by atoms with van der Waals surface area (Å²) in [7, 11) is 0. The van der Waals surface area contributed by atoms with Gasteiger partial charge in [0.25, 0.3) is 0 Å². The van der Waals surface area contributed by atoms with E-state index in [1.165, 1.54) is 36.0 Å². The van der Waals surface area contributed by atoms with Gasteiger partial charge in [0.15, 0.2) is 0 Å². The number of piperidine rings is 1. The molecule has 0 aliphatic carbocycles.